The van der Waals surface area contributed by atoms with Crippen molar-refractivity contribution >= 4 is 32.6 Å². The zero-order valence-corrected chi connectivity index (χ0v) is 16.9. The minimum absolute atomic E-state index is 0.257. The van der Waals surface area contributed by atoms with Crippen LogP contribution in [0.4, 0.5) is 5.13 Å². The molecule has 2 aromatic heterocycles. The van der Waals surface area contributed by atoms with E-state index >= 15 is 0 Å². The van der Waals surface area contributed by atoms with Crippen molar-refractivity contribution in [3.63, 3.8) is 0 Å². The largest absolute Gasteiger partial charge is 0.299 e. The van der Waals surface area contributed by atoms with Gasteiger partial charge in [0, 0.05) is 18.8 Å². The van der Waals surface area contributed by atoms with Crippen LogP contribution in [0.3, 0.4) is 0 Å². The highest BCUT2D eigenvalue weighted by atomic mass is 32.1. The molecule has 2 heterocycles. The zero-order valence-electron chi connectivity index (χ0n) is 16.1. The molecule has 146 valence electrons. The summed E-state index contributed by atoms with van der Waals surface area (Å²) in [4.78, 5) is 19.5. The third-order valence-corrected chi connectivity index (χ3v) is 6.05. The first-order valence-corrected chi connectivity index (χ1v) is 10.5. The van der Waals surface area contributed by atoms with Crippen LogP contribution in [0.5, 0.6) is 0 Å². The molecule has 5 rings (SSSR count). The summed E-state index contributed by atoms with van der Waals surface area (Å²) < 4.78 is 2.77. The molecule has 7 heteroatoms. The molecule has 2 aromatic carbocycles. The average molecular weight is 404 g/mol. The van der Waals surface area contributed by atoms with Crippen LogP contribution in [-0.4, -0.2) is 38.7 Å². The molecule has 0 bridgehead atoms. The lowest BCUT2D eigenvalue weighted by Crippen LogP contribution is -2.19. The molecule has 0 atom stereocenters. The van der Waals surface area contributed by atoms with Gasteiger partial charge in [0.2, 0.25) is 0 Å². The maximum absolute atomic E-state index is 12.6. The van der Waals surface area contributed by atoms with E-state index in [9.17, 15) is 4.79 Å². The smallest absolute Gasteiger partial charge is 0.277 e. The molecule has 1 N–H and O–H groups in total. The first kappa shape index (κ1) is 18.0. The van der Waals surface area contributed by atoms with Gasteiger partial charge in [0.1, 0.15) is 0 Å². The molecular weight excluding hydrogens is 382 g/mol. The van der Waals surface area contributed by atoms with Crippen LogP contribution in [0.1, 0.15) is 28.9 Å². The Bertz CT molecular complexity index is 1160. The Hall–Kier alpha value is -3.03. The summed E-state index contributed by atoms with van der Waals surface area (Å²) in [7, 11) is 2.18. The van der Waals surface area contributed by atoms with Gasteiger partial charge in [0.05, 0.1) is 15.9 Å². The molecule has 0 radical (unpaired) electrons. The summed E-state index contributed by atoms with van der Waals surface area (Å²) in [5.41, 5.74) is 3.45. The third kappa shape index (κ3) is 3.92. The van der Waals surface area contributed by atoms with E-state index in [0.717, 1.165) is 28.5 Å². The standard InChI is InChI=1S/C22H21N5OS/c1-26(16-8-9-16)14-15-7-10-18-20(13-15)29-22(23-18)24-21(28)19-11-12-27(25-19)17-5-3-2-4-6-17/h2-7,10-13,16H,8-9,14H2,1H3,(H,23,24,28). The fraction of sp³-hybridized carbons (Fsp3) is 0.227. The first-order chi connectivity index (χ1) is 14.2. The summed E-state index contributed by atoms with van der Waals surface area (Å²) >= 11 is 1.49. The van der Waals surface area contributed by atoms with Crippen molar-refractivity contribution in [3.05, 3.63) is 72.1 Å². The van der Waals surface area contributed by atoms with Crippen molar-refractivity contribution in [1.82, 2.24) is 19.7 Å². The number of rotatable bonds is 6. The minimum Gasteiger partial charge on any atom is -0.299 e. The Kier molecular flexibility index (Phi) is 4.61. The SMILES string of the molecule is CN(Cc1ccc2nc(NC(=O)c3ccn(-c4ccccc4)n3)sc2c1)C1CC1. The number of anilines is 1. The van der Waals surface area contributed by atoms with Gasteiger partial charge >= 0.3 is 0 Å². The molecular formula is C22H21N5OS. The second-order valence-corrected chi connectivity index (χ2v) is 8.43. The van der Waals surface area contributed by atoms with Gasteiger partial charge in [-0.3, -0.25) is 15.0 Å². The summed E-state index contributed by atoms with van der Waals surface area (Å²) in [5.74, 6) is -0.257. The van der Waals surface area contributed by atoms with Crippen LogP contribution in [0.2, 0.25) is 0 Å². The molecule has 1 saturated carbocycles. The van der Waals surface area contributed by atoms with E-state index in [1.54, 1.807) is 16.9 Å². The number of para-hydroxylation sites is 1. The minimum atomic E-state index is -0.257. The van der Waals surface area contributed by atoms with E-state index < -0.39 is 0 Å². The van der Waals surface area contributed by atoms with Crippen LogP contribution in [0.25, 0.3) is 15.9 Å². The molecule has 0 unspecified atom stereocenters. The second kappa shape index (κ2) is 7.42. The topological polar surface area (TPSA) is 63.1 Å². The third-order valence-electron chi connectivity index (χ3n) is 5.12. The number of carbonyl (C=O) groups excluding carboxylic acids is 1. The Morgan fingerprint density at radius 3 is 2.83 bits per heavy atom. The molecule has 0 spiro atoms. The van der Waals surface area contributed by atoms with Crippen LogP contribution in [0.15, 0.2) is 60.8 Å². The number of benzene rings is 2. The van der Waals surface area contributed by atoms with E-state index in [1.807, 2.05) is 36.4 Å². The van der Waals surface area contributed by atoms with Gasteiger partial charge in [-0.05, 0) is 55.8 Å². The second-order valence-electron chi connectivity index (χ2n) is 7.40. The highest BCUT2D eigenvalue weighted by molar-refractivity contribution is 7.22. The molecule has 1 aliphatic rings. The van der Waals surface area contributed by atoms with Crippen LogP contribution < -0.4 is 5.32 Å². The van der Waals surface area contributed by atoms with Crippen molar-refractivity contribution in [1.29, 1.82) is 0 Å². The number of fused-ring (bicyclic) bond motifs is 1. The highest BCUT2D eigenvalue weighted by Crippen LogP contribution is 2.30. The van der Waals surface area contributed by atoms with Crippen LogP contribution in [0, 0.1) is 0 Å². The lowest BCUT2D eigenvalue weighted by atomic mass is 10.2. The van der Waals surface area contributed by atoms with Gasteiger partial charge < -0.3 is 0 Å². The number of hydrogen-bond donors (Lipinski definition) is 1. The van der Waals surface area contributed by atoms with Gasteiger partial charge in [-0.25, -0.2) is 9.67 Å². The highest BCUT2D eigenvalue weighted by Gasteiger charge is 2.25. The molecule has 1 amide bonds. The van der Waals surface area contributed by atoms with Crippen molar-refractivity contribution in [2.75, 3.05) is 12.4 Å². The van der Waals surface area contributed by atoms with Gasteiger partial charge in [-0.1, -0.05) is 35.6 Å². The molecule has 1 fully saturated rings. The van der Waals surface area contributed by atoms with E-state index in [4.69, 9.17) is 0 Å². The number of carbonyl (C=O) groups is 1. The number of aromatic nitrogens is 3. The van der Waals surface area contributed by atoms with Gasteiger partial charge in [-0.2, -0.15) is 5.10 Å². The van der Waals surface area contributed by atoms with Crippen molar-refractivity contribution in [2.45, 2.75) is 25.4 Å². The van der Waals surface area contributed by atoms with E-state index in [0.29, 0.717) is 10.8 Å². The summed E-state index contributed by atoms with van der Waals surface area (Å²) in [6, 6.07) is 18.5. The Balaban J connectivity index is 1.31. The first-order valence-electron chi connectivity index (χ1n) is 9.68. The normalized spacial score (nSPS) is 13.9. The number of nitrogens with one attached hydrogen (secondary N) is 1. The van der Waals surface area contributed by atoms with E-state index in [1.165, 1.54) is 29.7 Å². The van der Waals surface area contributed by atoms with E-state index in [-0.39, 0.29) is 5.91 Å². The molecule has 6 nitrogen and oxygen atoms in total. The predicted molar refractivity (Wildman–Crippen MR) is 116 cm³/mol. The predicted octanol–water partition coefficient (Wildman–Crippen LogP) is 4.33. The van der Waals surface area contributed by atoms with Crippen molar-refractivity contribution in [2.24, 2.45) is 0 Å². The average Bonchev–Trinajstić information content (AvgIpc) is 3.33. The summed E-state index contributed by atoms with van der Waals surface area (Å²) in [6.45, 7) is 0.942. The fourth-order valence-corrected chi connectivity index (χ4v) is 4.31. The van der Waals surface area contributed by atoms with Gasteiger partial charge in [0.15, 0.2) is 10.8 Å². The molecule has 0 aliphatic heterocycles. The Morgan fingerprint density at radius 1 is 1.21 bits per heavy atom. The lowest BCUT2D eigenvalue weighted by Gasteiger charge is -2.15. The molecule has 0 saturated heterocycles. The van der Waals surface area contributed by atoms with Gasteiger partial charge in [-0.15, -0.1) is 0 Å². The number of thiazole rings is 1. The van der Waals surface area contributed by atoms with Crippen molar-refractivity contribution < 1.29 is 4.79 Å². The molecule has 4 aromatic rings. The zero-order chi connectivity index (χ0) is 19.8. The molecule has 1 aliphatic carbocycles. The maximum Gasteiger partial charge on any atom is 0.277 e. The van der Waals surface area contributed by atoms with Gasteiger partial charge in [0.25, 0.3) is 5.91 Å². The maximum atomic E-state index is 12.6. The van der Waals surface area contributed by atoms with Crippen molar-refractivity contribution in [3.8, 4) is 5.69 Å². The molecule has 29 heavy (non-hydrogen) atoms. The fourth-order valence-electron chi connectivity index (χ4n) is 3.38. The summed E-state index contributed by atoms with van der Waals surface area (Å²) in [6.07, 6.45) is 4.39. The summed E-state index contributed by atoms with van der Waals surface area (Å²) in [5, 5.41) is 7.85. The van der Waals surface area contributed by atoms with Crippen LogP contribution in [-0.2, 0) is 6.54 Å². The van der Waals surface area contributed by atoms with E-state index in [2.05, 4.69) is 39.5 Å². The Morgan fingerprint density at radius 2 is 2.03 bits per heavy atom. The number of nitrogens with zero attached hydrogens (tertiary/aromatic N) is 4. The Labute approximate surface area is 172 Å². The monoisotopic (exact) mass is 403 g/mol. The number of hydrogen-bond acceptors (Lipinski definition) is 5. The quantitative estimate of drug-likeness (QED) is 0.521. The lowest BCUT2D eigenvalue weighted by molar-refractivity contribution is 0.102. The number of amides is 1. The van der Waals surface area contributed by atoms with Crippen LogP contribution >= 0.6 is 11.3 Å².